The van der Waals surface area contributed by atoms with Gasteiger partial charge in [-0.15, -0.1) is 0 Å². The van der Waals surface area contributed by atoms with Crippen LogP contribution >= 0.6 is 0 Å². The smallest absolute Gasteiger partial charge is 0.254 e. The van der Waals surface area contributed by atoms with Crippen LogP contribution in [0.4, 0.5) is 0 Å². The monoisotopic (exact) mass is 544 g/mol. The Morgan fingerprint density at radius 2 is 1.77 bits per heavy atom. The van der Waals surface area contributed by atoms with E-state index in [1.165, 1.54) is 0 Å². The standard InChI is InChI=1S/C31H52N4O4/c1-6-24-10-11-25(17-29(24)39-15-7-14-38-5)31(37)35(22(2)3)21-27-19-33-18-26(27)20-34(4)30(36)16-23-8-12-28(32)13-9-23/h10-11,17,22-23,26-28,33H,6-9,12-16,18-21,32H2,1-5H3/t23-,26-,27-,28+/m0/s1. The lowest BCUT2D eigenvalue weighted by molar-refractivity contribution is -0.131. The van der Waals surface area contributed by atoms with Gasteiger partial charge in [-0.25, -0.2) is 0 Å². The Bertz CT molecular complexity index is 916. The molecule has 1 aromatic carbocycles. The highest BCUT2D eigenvalue weighted by atomic mass is 16.5. The number of rotatable bonds is 14. The summed E-state index contributed by atoms with van der Waals surface area (Å²) in [5, 5.41) is 3.51. The van der Waals surface area contributed by atoms with E-state index in [0.29, 0.717) is 62.1 Å². The molecule has 2 amide bonds. The van der Waals surface area contributed by atoms with Crippen molar-refractivity contribution in [1.82, 2.24) is 15.1 Å². The quantitative estimate of drug-likeness (QED) is 0.347. The van der Waals surface area contributed by atoms with Crippen molar-refractivity contribution in [2.45, 2.75) is 77.8 Å². The molecule has 3 rings (SSSR count). The molecule has 8 nitrogen and oxygen atoms in total. The van der Waals surface area contributed by atoms with Crippen LogP contribution in [0.25, 0.3) is 0 Å². The average molecular weight is 545 g/mol. The summed E-state index contributed by atoms with van der Waals surface area (Å²) in [4.78, 5) is 30.6. The van der Waals surface area contributed by atoms with Gasteiger partial charge in [0.25, 0.3) is 5.91 Å². The minimum atomic E-state index is 0.0278. The highest BCUT2D eigenvalue weighted by Crippen LogP contribution is 2.28. The van der Waals surface area contributed by atoms with Gasteiger partial charge in [-0.05, 0) is 81.4 Å². The number of hydrogen-bond donors (Lipinski definition) is 2. The molecule has 1 aliphatic carbocycles. The number of nitrogens with two attached hydrogens (primary N) is 1. The van der Waals surface area contributed by atoms with Crippen molar-refractivity contribution in [3.63, 3.8) is 0 Å². The Morgan fingerprint density at radius 1 is 1.08 bits per heavy atom. The number of carbonyl (C=O) groups is 2. The van der Waals surface area contributed by atoms with Crippen LogP contribution in [0.2, 0.25) is 0 Å². The van der Waals surface area contributed by atoms with Gasteiger partial charge in [-0.3, -0.25) is 9.59 Å². The van der Waals surface area contributed by atoms with Gasteiger partial charge in [0, 0.05) is 77.4 Å². The van der Waals surface area contributed by atoms with E-state index in [1.54, 1.807) is 7.11 Å². The van der Waals surface area contributed by atoms with Crippen LogP contribution in [0.5, 0.6) is 5.75 Å². The fraction of sp³-hybridized carbons (Fsp3) is 0.742. The zero-order valence-corrected chi connectivity index (χ0v) is 24.9. The van der Waals surface area contributed by atoms with Gasteiger partial charge in [0.05, 0.1) is 6.61 Å². The van der Waals surface area contributed by atoms with E-state index >= 15 is 0 Å². The van der Waals surface area contributed by atoms with Crippen LogP contribution in [0, 0.1) is 17.8 Å². The van der Waals surface area contributed by atoms with Gasteiger partial charge in [-0.1, -0.05) is 13.0 Å². The van der Waals surface area contributed by atoms with Crippen LogP contribution in [-0.2, 0) is 16.0 Å². The van der Waals surface area contributed by atoms with E-state index in [2.05, 4.69) is 26.1 Å². The van der Waals surface area contributed by atoms with E-state index in [0.717, 1.165) is 62.9 Å². The van der Waals surface area contributed by atoms with Gasteiger partial charge in [0.2, 0.25) is 5.91 Å². The SMILES string of the molecule is CCc1ccc(C(=O)N(C[C@@H]2CNC[C@H]2CN(C)C(=O)C[C@H]2CC[C@@H](N)CC2)C(C)C)cc1OCCCOC. The Kier molecular flexibility index (Phi) is 12.5. The van der Waals surface area contributed by atoms with Gasteiger partial charge >= 0.3 is 0 Å². The summed E-state index contributed by atoms with van der Waals surface area (Å²) >= 11 is 0. The lowest BCUT2D eigenvalue weighted by Crippen LogP contribution is -2.44. The number of hydrogen-bond acceptors (Lipinski definition) is 6. The Labute approximate surface area is 236 Å². The molecular formula is C31H52N4O4. The van der Waals surface area contributed by atoms with Gasteiger partial charge in [-0.2, -0.15) is 0 Å². The second kappa shape index (κ2) is 15.6. The number of aryl methyl sites for hydroxylation is 1. The van der Waals surface area contributed by atoms with Crippen molar-refractivity contribution < 1.29 is 19.1 Å². The molecule has 3 N–H and O–H groups in total. The van der Waals surface area contributed by atoms with Crippen molar-refractivity contribution in [3.05, 3.63) is 29.3 Å². The number of carbonyl (C=O) groups excluding carboxylic acids is 2. The number of nitrogens with zero attached hydrogens (tertiary/aromatic N) is 2. The molecule has 2 aliphatic rings. The molecule has 0 radical (unpaired) electrons. The first-order valence-electron chi connectivity index (χ1n) is 15.0. The lowest BCUT2D eigenvalue weighted by Gasteiger charge is -2.33. The molecule has 0 aromatic heterocycles. The second-order valence-corrected chi connectivity index (χ2v) is 11.9. The van der Waals surface area contributed by atoms with Crippen molar-refractivity contribution >= 4 is 11.8 Å². The summed E-state index contributed by atoms with van der Waals surface area (Å²) in [5.74, 6) is 2.10. The molecule has 1 saturated carbocycles. The van der Waals surface area contributed by atoms with Crippen molar-refractivity contribution in [2.75, 3.05) is 53.6 Å². The van der Waals surface area contributed by atoms with Crippen molar-refractivity contribution in [2.24, 2.45) is 23.5 Å². The highest BCUT2D eigenvalue weighted by molar-refractivity contribution is 5.95. The third kappa shape index (κ3) is 9.19. The summed E-state index contributed by atoms with van der Waals surface area (Å²) < 4.78 is 11.2. The molecule has 1 saturated heterocycles. The van der Waals surface area contributed by atoms with E-state index in [1.807, 2.05) is 35.0 Å². The maximum absolute atomic E-state index is 13.7. The highest BCUT2D eigenvalue weighted by Gasteiger charge is 2.33. The van der Waals surface area contributed by atoms with Gasteiger partial charge < -0.3 is 30.3 Å². The predicted octanol–water partition coefficient (Wildman–Crippen LogP) is 3.72. The molecule has 2 atom stereocenters. The minimum Gasteiger partial charge on any atom is -0.493 e. The van der Waals surface area contributed by atoms with Crippen LogP contribution in [0.15, 0.2) is 18.2 Å². The first-order valence-corrected chi connectivity index (χ1v) is 15.0. The summed E-state index contributed by atoms with van der Waals surface area (Å²) in [6, 6.07) is 6.20. The molecule has 1 aromatic rings. The molecular weight excluding hydrogens is 492 g/mol. The third-order valence-corrected chi connectivity index (χ3v) is 8.53. The number of ether oxygens (including phenoxy) is 2. The molecule has 0 bridgehead atoms. The topological polar surface area (TPSA) is 97.1 Å². The summed E-state index contributed by atoms with van der Waals surface area (Å²) in [6.07, 6.45) is 6.43. The molecule has 0 unspecified atom stereocenters. The van der Waals surface area contributed by atoms with Crippen molar-refractivity contribution in [3.8, 4) is 5.75 Å². The zero-order valence-electron chi connectivity index (χ0n) is 24.9. The van der Waals surface area contributed by atoms with Crippen LogP contribution < -0.4 is 15.8 Å². The predicted molar refractivity (Wildman–Crippen MR) is 156 cm³/mol. The molecule has 0 spiro atoms. The maximum Gasteiger partial charge on any atom is 0.254 e. The zero-order chi connectivity index (χ0) is 28.4. The molecule has 1 heterocycles. The normalized spacial score (nSPS) is 23.2. The lowest BCUT2D eigenvalue weighted by atomic mass is 9.84. The number of nitrogens with one attached hydrogen (secondary N) is 1. The van der Waals surface area contributed by atoms with E-state index < -0.39 is 0 Å². The largest absolute Gasteiger partial charge is 0.493 e. The first-order chi connectivity index (χ1) is 18.7. The summed E-state index contributed by atoms with van der Waals surface area (Å²) in [5.41, 5.74) is 7.80. The number of methoxy groups -OCH3 is 1. The summed E-state index contributed by atoms with van der Waals surface area (Å²) in [7, 11) is 3.62. The van der Waals surface area contributed by atoms with Gasteiger partial charge in [0.1, 0.15) is 5.75 Å². The van der Waals surface area contributed by atoms with E-state index in [-0.39, 0.29) is 17.9 Å². The van der Waals surface area contributed by atoms with E-state index in [4.69, 9.17) is 15.2 Å². The van der Waals surface area contributed by atoms with Gasteiger partial charge in [0.15, 0.2) is 0 Å². The Balaban J connectivity index is 1.61. The molecule has 8 heteroatoms. The molecule has 2 fully saturated rings. The average Bonchev–Trinajstić information content (AvgIpc) is 3.36. The molecule has 39 heavy (non-hydrogen) atoms. The fourth-order valence-electron chi connectivity index (χ4n) is 5.91. The molecule has 1 aliphatic heterocycles. The Hall–Kier alpha value is -2.16. The second-order valence-electron chi connectivity index (χ2n) is 11.9. The molecule has 220 valence electrons. The first kappa shape index (κ1) is 31.4. The van der Waals surface area contributed by atoms with Crippen LogP contribution in [0.1, 0.15) is 75.2 Å². The maximum atomic E-state index is 13.7. The Morgan fingerprint density at radius 3 is 2.41 bits per heavy atom. The number of amides is 2. The van der Waals surface area contributed by atoms with E-state index in [9.17, 15) is 9.59 Å². The van der Waals surface area contributed by atoms with Crippen molar-refractivity contribution in [1.29, 1.82) is 0 Å². The minimum absolute atomic E-state index is 0.0278. The number of benzene rings is 1. The summed E-state index contributed by atoms with van der Waals surface area (Å²) in [6.45, 7) is 10.5. The fourth-order valence-corrected chi connectivity index (χ4v) is 5.91. The van der Waals surface area contributed by atoms with Crippen LogP contribution in [0.3, 0.4) is 0 Å². The van der Waals surface area contributed by atoms with Crippen LogP contribution in [-0.4, -0.2) is 87.2 Å². The third-order valence-electron chi connectivity index (χ3n) is 8.53.